The van der Waals surface area contributed by atoms with Gasteiger partial charge in [-0.05, 0) is 26.0 Å². The van der Waals surface area contributed by atoms with Gasteiger partial charge in [0.1, 0.15) is 5.56 Å². The van der Waals surface area contributed by atoms with E-state index < -0.39 is 10.8 Å². The summed E-state index contributed by atoms with van der Waals surface area (Å²) in [6.07, 6.45) is 0. The molecule has 2 amide bonds. The first-order valence-corrected chi connectivity index (χ1v) is 6.20. The third-order valence-electron chi connectivity index (χ3n) is 2.26. The van der Waals surface area contributed by atoms with Crippen LogP contribution in [0.25, 0.3) is 0 Å². The van der Waals surface area contributed by atoms with E-state index in [0.29, 0.717) is 0 Å². The van der Waals surface area contributed by atoms with E-state index in [0.717, 1.165) is 6.07 Å². The van der Waals surface area contributed by atoms with Crippen LogP contribution in [0.1, 0.15) is 24.2 Å². The van der Waals surface area contributed by atoms with Crippen LogP contribution in [-0.4, -0.2) is 29.3 Å². The van der Waals surface area contributed by atoms with Gasteiger partial charge in [0.15, 0.2) is 0 Å². The van der Waals surface area contributed by atoms with Crippen molar-refractivity contribution in [3.05, 3.63) is 38.9 Å². The van der Waals surface area contributed by atoms with Crippen molar-refractivity contribution in [1.82, 2.24) is 10.6 Å². The van der Waals surface area contributed by atoms with Gasteiger partial charge in [0.25, 0.3) is 11.6 Å². The van der Waals surface area contributed by atoms with Gasteiger partial charge in [-0.1, -0.05) is 11.6 Å². The summed E-state index contributed by atoms with van der Waals surface area (Å²) in [5, 5.41) is 15.9. The van der Waals surface area contributed by atoms with Gasteiger partial charge >= 0.3 is 0 Å². The predicted octanol–water partition coefficient (Wildman–Crippen LogP) is 1.50. The molecule has 7 nitrogen and oxygen atoms in total. The molecule has 0 heterocycles. The number of nitro benzene ring substituents is 1. The zero-order valence-corrected chi connectivity index (χ0v) is 11.7. The Hall–Kier alpha value is -2.15. The summed E-state index contributed by atoms with van der Waals surface area (Å²) in [4.78, 5) is 33.4. The molecule has 0 atom stereocenters. The van der Waals surface area contributed by atoms with Crippen molar-refractivity contribution in [2.75, 3.05) is 6.54 Å². The third kappa shape index (κ3) is 4.51. The van der Waals surface area contributed by atoms with Crippen molar-refractivity contribution in [1.29, 1.82) is 0 Å². The highest BCUT2D eigenvalue weighted by Crippen LogP contribution is 2.22. The fraction of sp³-hybridized carbons (Fsp3) is 0.333. The van der Waals surface area contributed by atoms with Crippen LogP contribution in [0.3, 0.4) is 0 Å². The van der Waals surface area contributed by atoms with Gasteiger partial charge in [-0.3, -0.25) is 19.7 Å². The molecule has 0 aliphatic carbocycles. The first-order valence-electron chi connectivity index (χ1n) is 5.82. The number of benzene rings is 1. The summed E-state index contributed by atoms with van der Waals surface area (Å²) in [6, 6.07) is 3.60. The largest absolute Gasteiger partial charge is 0.352 e. The van der Waals surface area contributed by atoms with Crippen molar-refractivity contribution in [2.24, 2.45) is 0 Å². The summed E-state index contributed by atoms with van der Waals surface area (Å²) >= 11 is 5.72. The molecule has 0 bridgehead atoms. The lowest BCUT2D eigenvalue weighted by atomic mass is 10.1. The molecule has 0 saturated heterocycles. The second kappa shape index (κ2) is 6.85. The third-order valence-corrected chi connectivity index (χ3v) is 2.49. The molecule has 1 rings (SSSR count). The Morgan fingerprint density at radius 1 is 1.40 bits per heavy atom. The lowest BCUT2D eigenvalue weighted by Gasteiger charge is -2.09. The molecule has 2 N–H and O–H groups in total. The number of rotatable bonds is 5. The molecule has 1 aromatic carbocycles. The Morgan fingerprint density at radius 3 is 2.60 bits per heavy atom. The molecular weight excluding hydrogens is 286 g/mol. The standard InChI is InChI=1S/C12H14ClN3O4/c1-7(2)15-11(17)6-14-12(18)9-5-8(13)3-4-10(9)16(19)20/h3-5,7H,6H2,1-2H3,(H,14,18)(H,15,17). The van der Waals surface area contributed by atoms with Crippen LogP contribution in [0.4, 0.5) is 5.69 Å². The molecule has 1 aromatic rings. The van der Waals surface area contributed by atoms with E-state index in [4.69, 9.17) is 11.6 Å². The highest BCUT2D eigenvalue weighted by molar-refractivity contribution is 6.31. The van der Waals surface area contributed by atoms with Crippen molar-refractivity contribution >= 4 is 29.1 Å². The molecule has 20 heavy (non-hydrogen) atoms. The smallest absolute Gasteiger partial charge is 0.282 e. The van der Waals surface area contributed by atoms with Gasteiger partial charge in [0.2, 0.25) is 5.91 Å². The van der Waals surface area contributed by atoms with Crippen molar-refractivity contribution < 1.29 is 14.5 Å². The van der Waals surface area contributed by atoms with E-state index in [1.165, 1.54) is 12.1 Å². The number of carbonyl (C=O) groups is 2. The SMILES string of the molecule is CC(C)NC(=O)CNC(=O)c1cc(Cl)ccc1[N+](=O)[O-]. The minimum absolute atomic E-state index is 0.0556. The zero-order chi connectivity index (χ0) is 15.3. The highest BCUT2D eigenvalue weighted by atomic mass is 35.5. The molecule has 0 fully saturated rings. The summed E-state index contributed by atoms with van der Waals surface area (Å²) in [5.41, 5.74) is -0.545. The van der Waals surface area contributed by atoms with Gasteiger partial charge in [-0.15, -0.1) is 0 Å². The van der Waals surface area contributed by atoms with Crippen LogP contribution in [0.2, 0.25) is 5.02 Å². The minimum Gasteiger partial charge on any atom is -0.352 e. The normalized spacial score (nSPS) is 10.2. The maximum absolute atomic E-state index is 11.9. The van der Waals surface area contributed by atoms with E-state index in [1.807, 2.05) is 0 Å². The maximum Gasteiger partial charge on any atom is 0.282 e. The molecule has 0 radical (unpaired) electrons. The van der Waals surface area contributed by atoms with Crippen molar-refractivity contribution in [2.45, 2.75) is 19.9 Å². The number of halogens is 1. The Kier molecular flexibility index (Phi) is 5.45. The lowest BCUT2D eigenvalue weighted by Crippen LogP contribution is -2.39. The van der Waals surface area contributed by atoms with Gasteiger partial charge in [-0.25, -0.2) is 0 Å². The van der Waals surface area contributed by atoms with Crippen LogP contribution < -0.4 is 10.6 Å². The molecule has 0 aliphatic rings. The Morgan fingerprint density at radius 2 is 2.05 bits per heavy atom. The number of amides is 2. The number of hydrogen-bond donors (Lipinski definition) is 2. The Bertz CT molecular complexity index is 546. The van der Waals surface area contributed by atoms with Crippen LogP contribution in [0.15, 0.2) is 18.2 Å². The summed E-state index contributed by atoms with van der Waals surface area (Å²) < 4.78 is 0. The molecule has 0 spiro atoms. The number of nitrogens with zero attached hydrogens (tertiary/aromatic N) is 1. The lowest BCUT2D eigenvalue weighted by molar-refractivity contribution is -0.385. The monoisotopic (exact) mass is 299 g/mol. The summed E-state index contributed by atoms with van der Waals surface area (Å²) in [5.74, 6) is -1.10. The van der Waals surface area contributed by atoms with Crippen LogP contribution in [0, 0.1) is 10.1 Å². The predicted molar refractivity (Wildman–Crippen MR) is 73.7 cm³/mol. The molecular formula is C12H14ClN3O4. The maximum atomic E-state index is 11.9. The van der Waals surface area contributed by atoms with E-state index in [-0.39, 0.29) is 34.8 Å². The Labute approximate surface area is 120 Å². The van der Waals surface area contributed by atoms with Gasteiger partial charge < -0.3 is 10.6 Å². The topological polar surface area (TPSA) is 101 Å². The van der Waals surface area contributed by atoms with Crippen LogP contribution in [-0.2, 0) is 4.79 Å². The van der Waals surface area contributed by atoms with Gasteiger partial charge in [-0.2, -0.15) is 0 Å². The number of nitrogens with one attached hydrogen (secondary N) is 2. The molecule has 8 heteroatoms. The highest BCUT2D eigenvalue weighted by Gasteiger charge is 2.20. The van der Waals surface area contributed by atoms with E-state index in [9.17, 15) is 19.7 Å². The van der Waals surface area contributed by atoms with E-state index in [1.54, 1.807) is 13.8 Å². The first kappa shape index (κ1) is 15.9. The zero-order valence-electron chi connectivity index (χ0n) is 11.0. The number of carbonyl (C=O) groups excluding carboxylic acids is 2. The second-order valence-electron chi connectivity index (χ2n) is 4.32. The van der Waals surface area contributed by atoms with Gasteiger partial charge in [0.05, 0.1) is 11.5 Å². The quantitative estimate of drug-likeness (QED) is 0.635. The fourth-order valence-electron chi connectivity index (χ4n) is 1.48. The second-order valence-corrected chi connectivity index (χ2v) is 4.76. The molecule has 0 aromatic heterocycles. The van der Waals surface area contributed by atoms with Crippen LogP contribution in [0.5, 0.6) is 0 Å². The number of nitro groups is 1. The summed E-state index contributed by atoms with van der Waals surface area (Å²) in [6.45, 7) is 3.30. The Balaban J connectivity index is 2.80. The number of hydrogen-bond acceptors (Lipinski definition) is 4. The summed E-state index contributed by atoms with van der Waals surface area (Å²) in [7, 11) is 0. The van der Waals surface area contributed by atoms with Crippen molar-refractivity contribution in [3.63, 3.8) is 0 Å². The fourth-order valence-corrected chi connectivity index (χ4v) is 1.65. The van der Waals surface area contributed by atoms with E-state index >= 15 is 0 Å². The van der Waals surface area contributed by atoms with Crippen molar-refractivity contribution in [3.8, 4) is 0 Å². The molecule has 0 aliphatic heterocycles. The molecule has 0 saturated carbocycles. The average molecular weight is 300 g/mol. The minimum atomic E-state index is -0.724. The van der Waals surface area contributed by atoms with Crippen LogP contribution >= 0.6 is 11.6 Å². The molecule has 108 valence electrons. The first-order chi connectivity index (χ1) is 9.31. The average Bonchev–Trinajstić information content (AvgIpc) is 2.34. The van der Waals surface area contributed by atoms with E-state index in [2.05, 4.69) is 10.6 Å². The van der Waals surface area contributed by atoms with Gasteiger partial charge in [0, 0.05) is 17.1 Å². The molecule has 0 unspecified atom stereocenters.